The van der Waals surface area contributed by atoms with Crippen LogP contribution in [0, 0.1) is 5.82 Å². The molecule has 3 nitrogen and oxygen atoms in total. The van der Waals surface area contributed by atoms with E-state index in [1.807, 2.05) is 54.6 Å². The Labute approximate surface area is 156 Å². The fourth-order valence-corrected chi connectivity index (χ4v) is 3.30. The van der Waals surface area contributed by atoms with Crippen molar-refractivity contribution in [2.24, 2.45) is 0 Å². The molecule has 134 valence electrons. The van der Waals surface area contributed by atoms with Crippen molar-refractivity contribution in [2.45, 2.75) is 6.04 Å². The molecule has 0 aliphatic rings. The molecule has 1 atom stereocenters. The summed E-state index contributed by atoms with van der Waals surface area (Å²) in [6, 6.07) is 24.8. The Morgan fingerprint density at radius 3 is 2.22 bits per heavy atom. The number of nitrogens with zero attached hydrogens (tertiary/aromatic N) is 1. The highest BCUT2D eigenvalue weighted by atomic mass is 19.1. The zero-order valence-electron chi connectivity index (χ0n) is 14.8. The van der Waals surface area contributed by atoms with Gasteiger partial charge in [0.2, 0.25) is 0 Å². The van der Waals surface area contributed by atoms with Crippen LogP contribution in [0.5, 0.6) is 0 Å². The van der Waals surface area contributed by atoms with Crippen LogP contribution in [-0.4, -0.2) is 17.9 Å². The monoisotopic (exact) mass is 359 g/mol. The maximum Gasteiger partial charge on any atom is 0.290 e. The van der Waals surface area contributed by atoms with Crippen LogP contribution in [0.2, 0.25) is 0 Å². The van der Waals surface area contributed by atoms with Crippen molar-refractivity contribution < 1.29 is 13.6 Å². The van der Waals surface area contributed by atoms with Crippen molar-refractivity contribution in [3.63, 3.8) is 0 Å². The quantitative estimate of drug-likeness (QED) is 0.486. The molecular weight excluding hydrogens is 341 g/mol. The number of carbonyl (C=O) groups excluding carboxylic acids is 1. The van der Waals surface area contributed by atoms with Gasteiger partial charge in [0.1, 0.15) is 11.4 Å². The molecule has 0 fully saturated rings. The molecule has 4 aromatic rings. The van der Waals surface area contributed by atoms with Crippen LogP contribution in [0.3, 0.4) is 0 Å². The van der Waals surface area contributed by atoms with E-state index in [0.717, 1.165) is 16.5 Å². The summed E-state index contributed by atoms with van der Waals surface area (Å²) < 4.78 is 19.1. The third-order valence-electron chi connectivity index (χ3n) is 4.65. The van der Waals surface area contributed by atoms with Gasteiger partial charge >= 0.3 is 0 Å². The maximum absolute atomic E-state index is 13.4. The average Bonchev–Trinajstić information content (AvgIpc) is 3.14. The number of rotatable bonds is 4. The van der Waals surface area contributed by atoms with Gasteiger partial charge in [-0.05, 0) is 35.4 Å². The average molecular weight is 359 g/mol. The molecule has 0 spiro atoms. The number of para-hydroxylation sites is 1. The summed E-state index contributed by atoms with van der Waals surface area (Å²) in [5.41, 5.74) is 2.44. The van der Waals surface area contributed by atoms with Crippen LogP contribution in [0.25, 0.3) is 11.0 Å². The lowest BCUT2D eigenvalue weighted by Crippen LogP contribution is -2.31. The van der Waals surface area contributed by atoms with Gasteiger partial charge in [0, 0.05) is 12.4 Å². The van der Waals surface area contributed by atoms with Crippen LogP contribution < -0.4 is 0 Å². The summed E-state index contributed by atoms with van der Waals surface area (Å²) in [5.74, 6) is -0.261. The first-order valence-electron chi connectivity index (χ1n) is 8.69. The molecule has 0 bridgehead atoms. The molecule has 1 unspecified atom stereocenters. The molecule has 27 heavy (non-hydrogen) atoms. The molecule has 4 rings (SSSR count). The Morgan fingerprint density at radius 2 is 1.52 bits per heavy atom. The topological polar surface area (TPSA) is 33.5 Å². The number of furan rings is 1. The standard InChI is InChI=1S/C23H18FNO2/c1-25(23(26)21-15-18-9-5-6-10-20(18)27-21)22(16-7-3-2-4-8-16)17-11-13-19(24)14-12-17/h2-15,22H,1H3. The van der Waals surface area contributed by atoms with E-state index in [1.165, 1.54) is 12.1 Å². The first-order valence-corrected chi connectivity index (χ1v) is 8.69. The minimum atomic E-state index is -0.354. The lowest BCUT2D eigenvalue weighted by Gasteiger charge is -2.28. The van der Waals surface area contributed by atoms with Crippen molar-refractivity contribution in [1.82, 2.24) is 4.90 Å². The molecule has 0 saturated heterocycles. The third-order valence-corrected chi connectivity index (χ3v) is 4.65. The first-order chi connectivity index (χ1) is 13.1. The highest BCUT2D eigenvalue weighted by Gasteiger charge is 2.26. The lowest BCUT2D eigenvalue weighted by molar-refractivity contribution is 0.0725. The van der Waals surface area contributed by atoms with Crippen LogP contribution in [0.4, 0.5) is 4.39 Å². The van der Waals surface area contributed by atoms with Crippen molar-refractivity contribution >= 4 is 16.9 Å². The van der Waals surface area contributed by atoms with Crippen molar-refractivity contribution in [3.8, 4) is 0 Å². The van der Waals surface area contributed by atoms with Gasteiger partial charge in [-0.25, -0.2) is 4.39 Å². The molecular formula is C23H18FNO2. The minimum absolute atomic E-state index is 0.232. The summed E-state index contributed by atoms with van der Waals surface area (Å²) >= 11 is 0. The lowest BCUT2D eigenvalue weighted by atomic mass is 9.97. The van der Waals surface area contributed by atoms with Crippen LogP contribution >= 0.6 is 0 Å². The van der Waals surface area contributed by atoms with Crippen molar-refractivity contribution in [2.75, 3.05) is 7.05 Å². The fourth-order valence-electron chi connectivity index (χ4n) is 3.30. The van der Waals surface area contributed by atoms with Gasteiger partial charge in [0.25, 0.3) is 5.91 Å². The SMILES string of the molecule is CN(C(=O)c1cc2ccccc2o1)C(c1ccccc1)c1ccc(F)cc1. The number of halogens is 1. The van der Waals surface area contributed by atoms with E-state index in [0.29, 0.717) is 5.58 Å². The Morgan fingerprint density at radius 1 is 0.889 bits per heavy atom. The first kappa shape index (κ1) is 17.0. The predicted molar refractivity (Wildman–Crippen MR) is 103 cm³/mol. The van der Waals surface area contributed by atoms with Gasteiger partial charge < -0.3 is 9.32 Å². The van der Waals surface area contributed by atoms with E-state index in [-0.39, 0.29) is 23.5 Å². The second-order valence-electron chi connectivity index (χ2n) is 6.43. The van der Waals surface area contributed by atoms with Crippen molar-refractivity contribution in [3.05, 3.63) is 108 Å². The highest BCUT2D eigenvalue weighted by molar-refractivity contribution is 5.96. The van der Waals surface area contributed by atoms with Gasteiger partial charge in [-0.2, -0.15) is 0 Å². The normalized spacial score (nSPS) is 12.1. The predicted octanol–water partition coefficient (Wildman–Crippen LogP) is 5.43. The Hall–Kier alpha value is -3.40. The smallest absolute Gasteiger partial charge is 0.290 e. The maximum atomic E-state index is 13.4. The van der Waals surface area contributed by atoms with Gasteiger partial charge in [0.05, 0.1) is 6.04 Å². The molecule has 0 aliphatic heterocycles. The molecule has 0 aliphatic carbocycles. The third kappa shape index (κ3) is 3.34. The molecule has 0 radical (unpaired) electrons. The molecule has 3 aromatic carbocycles. The number of carbonyl (C=O) groups is 1. The molecule has 0 saturated carbocycles. The number of amides is 1. The highest BCUT2D eigenvalue weighted by Crippen LogP contribution is 2.30. The summed E-state index contributed by atoms with van der Waals surface area (Å²) in [4.78, 5) is 14.8. The van der Waals surface area contributed by atoms with E-state index in [2.05, 4.69) is 0 Å². The van der Waals surface area contributed by atoms with Crippen LogP contribution in [0.15, 0.2) is 89.3 Å². The number of hydrogen-bond acceptors (Lipinski definition) is 2. The van der Waals surface area contributed by atoms with E-state index < -0.39 is 0 Å². The number of benzene rings is 3. The molecule has 1 aromatic heterocycles. The molecule has 0 N–H and O–H groups in total. The number of fused-ring (bicyclic) bond motifs is 1. The molecule has 4 heteroatoms. The van der Waals surface area contributed by atoms with Gasteiger partial charge in [-0.15, -0.1) is 0 Å². The Bertz CT molecular complexity index is 1040. The minimum Gasteiger partial charge on any atom is -0.451 e. The Kier molecular flexibility index (Phi) is 4.47. The van der Waals surface area contributed by atoms with E-state index >= 15 is 0 Å². The van der Waals surface area contributed by atoms with Gasteiger partial charge in [-0.1, -0.05) is 60.7 Å². The summed E-state index contributed by atoms with van der Waals surface area (Å²) in [6.07, 6.45) is 0. The van der Waals surface area contributed by atoms with Crippen LogP contribution in [-0.2, 0) is 0 Å². The van der Waals surface area contributed by atoms with E-state index in [1.54, 1.807) is 30.1 Å². The van der Waals surface area contributed by atoms with E-state index in [4.69, 9.17) is 4.42 Å². The summed E-state index contributed by atoms with van der Waals surface area (Å²) in [6.45, 7) is 0. The number of hydrogen-bond donors (Lipinski definition) is 0. The largest absolute Gasteiger partial charge is 0.451 e. The fraction of sp³-hybridized carbons (Fsp3) is 0.0870. The second kappa shape index (κ2) is 7.08. The van der Waals surface area contributed by atoms with E-state index in [9.17, 15) is 9.18 Å². The Balaban J connectivity index is 1.74. The zero-order valence-corrected chi connectivity index (χ0v) is 14.8. The second-order valence-corrected chi connectivity index (χ2v) is 6.43. The van der Waals surface area contributed by atoms with Crippen molar-refractivity contribution in [1.29, 1.82) is 0 Å². The zero-order chi connectivity index (χ0) is 18.8. The van der Waals surface area contributed by atoms with Gasteiger partial charge in [-0.3, -0.25) is 4.79 Å². The summed E-state index contributed by atoms with van der Waals surface area (Å²) in [7, 11) is 1.73. The molecule has 1 heterocycles. The molecule has 1 amide bonds. The van der Waals surface area contributed by atoms with Gasteiger partial charge in [0.15, 0.2) is 5.76 Å². The summed E-state index contributed by atoms with van der Waals surface area (Å²) in [5, 5.41) is 0.882. The van der Waals surface area contributed by atoms with Crippen LogP contribution in [0.1, 0.15) is 27.7 Å².